The van der Waals surface area contributed by atoms with Gasteiger partial charge in [-0.1, -0.05) is 18.6 Å². The fourth-order valence-corrected chi connectivity index (χ4v) is 2.96. The number of rotatable bonds is 4. The number of carbonyl (C=O) groups is 1. The van der Waals surface area contributed by atoms with Crippen LogP contribution in [0.1, 0.15) is 38.5 Å². The summed E-state index contributed by atoms with van der Waals surface area (Å²) < 4.78 is 7.20. The van der Waals surface area contributed by atoms with Crippen molar-refractivity contribution in [3.63, 3.8) is 0 Å². The number of nitrogens with zero attached hydrogens (tertiary/aromatic N) is 2. The minimum Gasteiger partial charge on any atom is -0.462 e. The lowest BCUT2D eigenvalue weighted by atomic mass is 9.98. The second-order valence-corrected chi connectivity index (χ2v) is 5.75. The molecule has 5 nitrogen and oxygen atoms in total. The van der Waals surface area contributed by atoms with Gasteiger partial charge in [-0.3, -0.25) is 14.3 Å². The Kier molecular flexibility index (Phi) is 4.51. The highest BCUT2D eigenvalue weighted by Gasteiger charge is 2.17. The number of esters is 1. The van der Waals surface area contributed by atoms with E-state index < -0.39 is 0 Å². The quantitative estimate of drug-likeness (QED) is 0.814. The molecule has 0 aliphatic heterocycles. The molecule has 0 N–H and O–H groups in total. The molecule has 1 heterocycles. The molecule has 3 rings (SSSR count). The number of hydrogen-bond donors (Lipinski definition) is 0. The fourth-order valence-electron chi connectivity index (χ4n) is 2.96. The van der Waals surface area contributed by atoms with Crippen molar-refractivity contribution in [2.24, 2.45) is 0 Å². The summed E-state index contributed by atoms with van der Waals surface area (Å²) in [6.45, 7) is 0.423. The molecule has 0 saturated heterocycles. The number of fused-ring (bicyclic) bond motifs is 1. The van der Waals surface area contributed by atoms with E-state index >= 15 is 0 Å². The highest BCUT2D eigenvalue weighted by atomic mass is 16.5. The molecule has 5 heteroatoms. The van der Waals surface area contributed by atoms with Gasteiger partial charge in [0.1, 0.15) is 6.10 Å². The highest BCUT2D eigenvalue weighted by molar-refractivity contribution is 5.78. The van der Waals surface area contributed by atoms with E-state index in [2.05, 4.69) is 5.10 Å². The van der Waals surface area contributed by atoms with Gasteiger partial charge in [0.25, 0.3) is 0 Å². The standard InChI is InChI=1S/C17H20N2O3/c20-16-12-18-19(15-9-5-4-8-14(15)16)11-10-17(21)22-13-6-2-1-3-7-13/h4-5,8-9,12-13H,1-3,6-7,10-11H2. The molecule has 0 bridgehead atoms. The molecule has 0 radical (unpaired) electrons. The maximum absolute atomic E-state index is 12.0. The molecule has 0 atom stereocenters. The van der Waals surface area contributed by atoms with Crippen LogP contribution in [0.25, 0.3) is 10.9 Å². The summed E-state index contributed by atoms with van der Waals surface area (Å²) in [5.41, 5.74) is 0.650. The SMILES string of the molecule is O=C(CCn1ncc(=O)c2ccccc21)OC1CCCCC1. The van der Waals surface area contributed by atoms with Gasteiger partial charge in [-0.15, -0.1) is 0 Å². The van der Waals surface area contributed by atoms with Crippen molar-refractivity contribution in [1.29, 1.82) is 0 Å². The molecule has 22 heavy (non-hydrogen) atoms. The van der Waals surface area contributed by atoms with Gasteiger partial charge < -0.3 is 4.74 Å². The van der Waals surface area contributed by atoms with Crippen LogP contribution in [0.5, 0.6) is 0 Å². The normalized spacial score (nSPS) is 15.8. The summed E-state index contributed by atoms with van der Waals surface area (Å²) in [5.74, 6) is -0.184. The van der Waals surface area contributed by atoms with E-state index in [1.165, 1.54) is 12.6 Å². The van der Waals surface area contributed by atoms with Crippen molar-refractivity contribution in [1.82, 2.24) is 9.78 Å². The lowest BCUT2D eigenvalue weighted by molar-refractivity contribution is -0.150. The van der Waals surface area contributed by atoms with Crippen LogP contribution in [0.4, 0.5) is 0 Å². The minimum absolute atomic E-state index is 0.0833. The van der Waals surface area contributed by atoms with Crippen molar-refractivity contribution >= 4 is 16.9 Å². The number of para-hydroxylation sites is 1. The van der Waals surface area contributed by atoms with Crippen molar-refractivity contribution in [3.05, 3.63) is 40.7 Å². The Labute approximate surface area is 128 Å². The second kappa shape index (κ2) is 6.73. The van der Waals surface area contributed by atoms with Crippen LogP contribution in [0.3, 0.4) is 0 Å². The van der Waals surface area contributed by atoms with Crippen molar-refractivity contribution in [2.75, 3.05) is 0 Å². The van der Waals surface area contributed by atoms with Gasteiger partial charge in [0, 0.05) is 5.39 Å². The molecule has 0 amide bonds. The third kappa shape index (κ3) is 3.35. The molecule has 2 aromatic rings. The van der Waals surface area contributed by atoms with E-state index in [-0.39, 0.29) is 23.9 Å². The molecule has 1 aliphatic rings. The summed E-state index contributed by atoms with van der Waals surface area (Å²) in [6.07, 6.45) is 7.14. The van der Waals surface area contributed by atoms with Gasteiger partial charge in [-0.2, -0.15) is 5.10 Å². The molecule has 1 fully saturated rings. The van der Waals surface area contributed by atoms with Gasteiger partial charge in [0.2, 0.25) is 5.43 Å². The molecule has 0 spiro atoms. The fraction of sp³-hybridized carbons (Fsp3) is 0.471. The predicted molar refractivity (Wildman–Crippen MR) is 83.6 cm³/mol. The lowest BCUT2D eigenvalue weighted by Gasteiger charge is -2.21. The summed E-state index contributed by atoms with van der Waals surface area (Å²) in [4.78, 5) is 23.7. The van der Waals surface area contributed by atoms with Crippen LogP contribution in [0.15, 0.2) is 35.3 Å². The van der Waals surface area contributed by atoms with Crippen LogP contribution in [-0.4, -0.2) is 21.9 Å². The van der Waals surface area contributed by atoms with Crippen molar-refractivity contribution in [2.45, 2.75) is 51.2 Å². The van der Waals surface area contributed by atoms with Gasteiger partial charge in [-0.05, 0) is 37.8 Å². The maximum atomic E-state index is 12.0. The summed E-state index contributed by atoms with van der Waals surface area (Å²) in [6, 6.07) is 7.30. The first kappa shape index (κ1) is 14.8. The topological polar surface area (TPSA) is 61.2 Å². The third-order valence-electron chi connectivity index (χ3n) is 4.14. The maximum Gasteiger partial charge on any atom is 0.307 e. The number of hydrogen-bond acceptors (Lipinski definition) is 4. The molecule has 1 saturated carbocycles. The Morgan fingerprint density at radius 1 is 1.23 bits per heavy atom. The second-order valence-electron chi connectivity index (χ2n) is 5.75. The first-order valence-corrected chi connectivity index (χ1v) is 7.88. The van der Waals surface area contributed by atoms with Crippen molar-refractivity contribution in [3.8, 4) is 0 Å². The molecular formula is C17H20N2O3. The minimum atomic E-state index is -0.184. The van der Waals surface area contributed by atoms with E-state index in [1.54, 1.807) is 10.7 Å². The van der Waals surface area contributed by atoms with E-state index in [4.69, 9.17) is 4.74 Å². The van der Waals surface area contributed by atoms with Crippen molar-refractivity contribution < 1.29 is 9.53 Å². The van der Waals surface area contributed by atoms with Crippen LogP contribution in [0, 0.1) is 0 Å². The number of aromatic nitrogens is 2. The highest BCUT2D eigenvalue weighted by Crippen LogP contribution is 2.20. The Morgan fingerprint density at radius 3 is 2.82 bits per heavy atom. The monoisotopic (exact) mass is 300 g/mol. The van der Waals surface area contributed by atoms with E-state index in [0.29, 0.717) is 11.9 Å². The summed E-state index contributed by atoms with van der Waals surface area (Å²) >= 11 is 0. The summed E-state index contributed by atoms with van der Waals surface area (Å²) in [5, 5.41) is 4.74. The van der Waals surface area contributed by atoms with Crippen LogP contribution in [-0.2, 0) is 16.1 Å². The zero-order chi connectivity index (χ0) is 15.4. The molecule has 1 aromatic carbocycles. The first-order valence-electron chi connectivity index (χ1n) is 7.88. The van der Waals surface area contributed by atoms with Gasteiger partial charge in [0.15, 0.2) is 0 Å². The summed E-state index contributed by atoms with van der Waals surface area (Å²) in [7, 11) is 0. The molecule has 1 aliphatic carbocycles. The lowest BCUT2D eigenvalue weighted by Crippen LogP contribution is -2.22. The number of ether oxygens (including phenoxy) is 1. The smallest absolute Gasteiger partial charge is 0.307 e. The predicted octanol–water partition coefficient (Wildman–Crippen LogP) is 2.66. The van der Waals surface area contributed by atoms with Crippen LogP contribution < -0.4 is 5.43 Å². The Bertz CT molecular complexity index is 717. The first-order chi connectivity index (χ1) is 10.7. The molecule has 0 unspecified atom stereocenters. The Morgan fingerprint density at radius 2 is 2.00 bits per heavy atom. The van der Waals surface area contributed by atoms with E-state index in [0.717, 1.165) is 31.2 Å². The number of aryl methyl sites for hydroxylation is 1. The Hall–Kier alpha value is -2.17. The zero-order valence-corrected chi connectivity index (χ0v) is 12.5. The average molecular weight is 300 g/mol. The molecule has 1 aromatic heterocycles. The average Bonchev–Trinajstić information content (AvgIpc) is 2.55. The van der Waals surface area contributed by atoms with Crippen LogP contribution in [0.2, 0.25) is 0 Å². The van der Waals surface area contributed by atoms with E-state index in [1.807, 2.05) is 18.2 Å². The van der Waals surface area contributed by atoms with Gasteiger partial charge in [0.05, 0.1) is 24.7 Å². The third-order valence-corrected chi connectivity index (χ3v) is 4.14. The molecular weight excluding hydrogens is 280 g/mol. The Balaban J connectivity index is 1.65. The number of carbonyl (C=O) groups excluding carboxylic acids is 1. The zero-order valence-electron chi connectivity index (χ0n) is 12.5. The van der Waals surface area contributed by atoms with E-state index in [9.17, 15) is 9.59 Å². The van der Waals surface area contributed by atoms with Gasteiger partial charge in [-0.25, -0.2) is 0 Å². The largest absolute Gasteiger partial charge is 0.462 e. The van der Waals surface area contributed by atoms with Gasteiger partial charge >= 0.3 is 5.97 Å². The van der Waals surface area contributed by atoms with Crippen LogP contribution >= 0.6 is 0 Å². The molecule has 116 valence electrons. The number of benzene rings is 1.